The van der Waals surface area contributed by atoms with Crippen LogP contribution in [0.25, 0.3) is 0 Å². The van der Waals surface area contributed by atoms with Crippen LogP contribution in [0.5, 0.6) is 5.75 Å². The average molecular weight is 358 g/mol. The highest BCUT2D eigenvalue weighted by Gasteiger charge is 2.18. The first-order chi connectivity index (χ1) is 12.5. The number of esters is 1. The first-order valence-electron chi connectivity index (χ1n) is 8.30. The van der Waals surface area contributed by atoms with Gasteiger partial charge < -0.3 is 14.2 Å². The normalized spacial score (nSPS) is 12.8. The molecule has 5 nitrogen and oxygen atoms in total. The third kappa shape index (κ3) is 4.46. The summed E-state index contributed by atoms with van der Waals surface area (Å²) in [5.41, 5.74) is 2.65. The molecular weight excluding hydrogens is 339 g/mol. The molecule has 0 spiro atoms. The summed E-state index contributed by atoms with van der Waals surface area (Å²) in [6, 6.07) is 9.78. The summed E-state index contributed by atoms with van der Waals surface area (Å²) in [6.45, 7) is 2.15. The van der Waals surface area contributed by atoms with E-state index < -0.39 is 11.8 Å². The van der Waals surface area contributed by atoms with Crippen LogP contribution in [0, 0.1) is 12.7 Å². The van der Waals surface area contributed by atoms with E-state index in [4.69, 9.17) is 14.2 Å². The van der Waals surface area contributed by atoms with Crippen molar-refractivity contribution in [3.05, 3.63) is 64.5 Å². The number of halogens is 1. The number of carbonyl (C=O) groups is 2. The van der Waals surface area contributed by atoms with Gasteiger partial charge in [0.2, 0.25) is 0 Å². The van der Waals surface area contributed by atoms with Crippen LogP contribution in [-0.4, -0.2) is 18.5 Å². The van der Waals surface area contributed by atoms with Gasteiger partial charge in [-0.05, 0) is 19.1 Å². The van der Waals surface area contributed by atoms with Gasteiger partial charge in [-0.15, -0.1) is 0 Å². The lowest BCUT2D eigenvalue weighted by molar-refractivity contribution is -0.145. The van der Waals surface area contributed by atoms with Crippen molar-refractivity contribution in [1.82, 2.24) is 0 Å². The molecule has 1 aliphatic rings. The maximum absolute atomic E-state index is 13.7. The lowest BCUT2D eigenvalue weighted by Crippen LogP contribution is -2.15. The Balaban J connectivity index is 1.54. The maximum atomic E-state index is 13.7. The summed E-state index contributed by atoms with van der Waals surface area (Å²) < 4.78 is 29.3. The Bertz CT molecular complexity index is 814. The minimum atomic E-state index is -0.518. The van der Waals surface area contributed by atoms with E-state index in [1.807, 2.05) is 19.1 Å². The number of fused-ring (bicyclic) bond motifs is 1. The summed E-state index contributed by atoms with van der Waals surface area (Å²) in [6.07, 6.45) is 0.0294. The zero-order valence-corrected chi connectivity index (χ0v) is 14.4. The van der Waals surface area contributed by atoms with Gasteiger partial charge in [0.1, 0.15) is 18.2 Å². The minimum Gasteiger partial charge on any atom is -0.467 e. The zero-order chi connectivity index (χ0) is 18.5. The van der Waals surface area contributed by atoms with E-state index in [0.29, 0.717) is 22.4 Å². The van der Waals surface area contributed by atoms with E-state index >= 15 is 0 Å². The van der Waals surface area contributed by atoms with E-state index in [2.05, 4.69) is 0 Å². The van der Waals surface area contributed by atoms with Gasteiger partial charge in [0.25, 0.3) is 0 Å². The Hall–Kier alpha value is -2.73. The van der Waals surface area contributed by atoms with E-state index in [1.54, 1.807) is 12.1 Å². The van der Waals surface area contributed by atoms with Gasteiger partial charge in [-0.2, -0.15) is 0 Å². The second-order valence-electron chi connectivity index (χ2n) is 6.11. The molecule has 1 aliphatic heterocycles. The summed E-state index contributed by atoms with van der Waals surface area (Å²) in [5, 5.41) is 0. The van der Waals surface area contributed by atoms with E-state index in [0.717, 1.165) is 5.56 Å². The van der Waals surface area contributed by atoms with Crippen LogP contribution in [0.1, 0.15) is 39.9 Å². The van der Waals surface area contributed by atoms with Crippen molar-refractivity contribution in [1.29, 1.82) is 0 Å². The number of Topliss-reactive ketones (excluding diaryl/α,β-unsaturated/α-hetero) is 1. The molecule has 0 aromatic heterocycles. The largest absolute Gasteiger partial charge is 0.467 e. The second-order valence-corrected chi connectivity index (χ2v) is 6.11. The highest BCUT2D eigenvalue weighted by molar-refractivity contribution is 5.97. The van der Waals surface area contributed by atoms with Gasteiger partial charge in [0.15, 0.2) is 12.6 Å². The van der Waals surface area contributed by atoms with Crippen LogP contribution in [-0.2, 0) is 27.5 Å². The number of hydrogen-bond donors (Lipinski definition) is 0. The predicted molar refractivity (Wildman–Crippen MR) is 91.2 cm³/mol. The molecule has 1 heterocycles. The Morgan fingerprint density at radius 1 is 1.15 bits per heavy atom. The monoisotopic (exact) mass is 358 g/mol. The Morgan fingerprint density at radius 2 is 1.92 bits per heavy atom. The highest BCUT2D eigenvalue weighted by Crippen LogP contribution is 2.30. The van der Waals surface area contributed by atoms with E-state index in [9.17, 15) is 14.0 Å². The van der Waals surface area contributed by atoms with Gasteiger partial charge in [0.05, 0.1) is 13.0 Å². The molecule has 0 amide bonds. The van der Waals surface area contributed by atoms with Gasteiger partial charge in [-0.1, -0.05) is 29.8 Å². The lowest BCUT2D eigenvalue weighted by Gasteiger charge is -2.20. The van der Waals surface area contributed by atoms with Gasteiger partial charge >= 0.3 is 5.97 Å². The summed E-state index contributed by atoms with van der Waals surface area (Å²) in [5.74, 6) is -0.597. The van der Waals surface area contributed by atoms with Gasteiger partial charge in [-0.3, -0.25) is 9.59 Å². The van der Waals surface area contributed by atoms with Crippen molar-refractivity contribution in [2.75, 3.05) is 6.79 Å². The van der Waals surface area contributed by atoms with Crippen molar-refractivity contribution in [3.63, 3.8) is 0 Å². The molecule has 0 unspecified atom stereocenters. The average Bonchev–Trinajstić information content (AvgIpc) is 2.64. The molecule has 0 N–H and O–H groups in total. The molecule has 2 aromatic rings. The minimum absolute atomic E-state index is 0.0335. The van der Waals surface area contributed by atoms with Crippen molar-refractivity contribution < 1.29 is 28.2 Å². The predicted octanol–water partition coefficient (Wildman–Crippen LogP) is 3.71. The lowest BCUT2D eigenvalue weighted by atomic mass is 10.1. The van der Waals surface area contributed by atoms with Crippen molar-refractivity contribution >= 4 is 11.8 Å². The molecule has 136 valence electrons. The van der Waals surface area contributed by atoms with E-state index in [-0.39, 0.29) is 38.6 Å². The zero-order valence-electron chi connectivity index (χ0n) is 14.4. The first kappa shape index (κ1) is 18.1. The number of aryl methyl sites for hydroxylation is 1. The molecule has 0 saturated heterocycles. The topological polar surface area (TPSA) is 61.8 Å². The molecule has 3 rings (SSSR count). The Labute approximate surface area is 150 Å². The summed E-state index contributed by atoms with van der Waals surface area (Å²) in [7, 11) is 0. The van der Waals surface area contributed by atoms with Crippen LogP contribution in [0.2, 0.25) is 0 Å². The fraction of sp³-hybridized carbons (Fsp3) is 0.300. The molecule has 0 atom stereocenters. The third-order valence-corrected chi connectivity index (χ3v) is 4.07. The Kier molecular flexibility index (Phi) is 5.63. The van der Waals surface area contributed by atoms with Crippen molar-refractivity contribution in [2.45, 2.75) is 33.0 Å². The molecule has 0 saturated carbocycles. The molecule has 0 bridgehead atoms. The highest BCUT2D eigenvalue weighted by atomic mass is 19.1. The fourth-order valence-corrected chi connectivity index (χ4v) is 2.69. The second kappa shape index (κ2) is 8.10. The molecule has 2 aromatic carbocycles. The standard InChI is InChI=1S/C20H19FO5/c1-13-2-4-14(5-3-13)18(22)6-7-19(23)25-11-16-9-17(21)8-15-10-24-12-26-20(15)16/h2-5,8-9H,6-7,10-12H2,1H3. The number of carbonyl (C=O) groups excluding carboxylic acids is 2. The molecule has 0 aliphatic carbocycles. The number of ether oxygens (including phenoxy) is 3. The van der Waals surface area contributed by atoms with Crippen LogP contribution in [0.3, 0.4) is 0 Å². The molecule has 26 heavy (non-hydrogen) atoms. The van der Waals surface area contributed by atoms with Crippen LogP contribution in [0.15, 0.2) is 36.4 Å². The fourth-order valence-electron chi connectivity index (χ4n) is 2.69. The number of hydrogen-bond acceptors (Lipinski definition) is 5. The number of ketones is 1. The first-order valence-corrected chi connectivity index (χ1v) is 8.30. The van der Waals surface area contributed by atoms with Crippen molar-refractivity contribution in [3.8, 4) is 5.75 Å². The number of rotatable bonds is 6. The van der Waals surface area contributed by atoms with E-state index in [1.165, 1.54) is 12.1 Å². The molecular formula is C20H19FO5. The molecule has 0 fully saturated rings. The molecule has 6 heteroatoms. The quantitative estimate of drug-likeness (QED) is 0.582. The smallest absolute Gasteiger partial charge is 0.306 e. The van der Waals surface area contributed by atoms with Crippen molar-refractivity contribution in [2.24, 2.45) is 0 Å². The van der Waals surface area contributed by atoms with Gasteiger partial charge in [0, 0.05) is 23.1 Å². The summed E-state index contributed by atoms with van der Waals surface area (Å²) in [4.78, 5) is 24.0. The number of benzene rings is 2. The van der Waals surface area contributed by atoms with Crippen LogP contribution < -0.4 is 4.74 Å². The molecule has 0 radical (unpaired) electrons. The SMILES string of the molecule is Cc1ccc(C(=O)CCC(=O)OCc2cc(F)cc3c2OCOC3)cc1. The van der Waals surface area contributed by atoms with Crippen LogP contribution >= 0.6 is 0 Å². The third-order valence-electron chi connectivity index (χ3n) is 4.07. The Morgan fingerprint density at radius 3 is 2.69 bits per heavy atom. The van der Waals surface area contributed by atoms with Gasteiger partial charge in [-0.25, -0.2) is 4.39 Å². The van der Waals surface area contributed by atoms with Crippen LogP contribution in [0.4, 0.5) is 4.39 Å². The summed E-state index contributed by atoms with van der Waals surface area (Å²) >= 11 is 0. The maximum Gasteiger partial charge on any atom is 0.306 e.